The number of aromatic nitrogens is 4. The number of aryl methyl sites for hydroxylation is 2. The van der Waals surface area contributed by atoms with Crippen LogP contribution in [-0.2, 0) is 18.3 Å². The lowest BCUT2D eigenvalue weighted by Gasteiger charge is -2.27. The van der Waals surface area contributed by atoms with E-state index in [-0.39, 0.29) is 5.41 Å². The number of hydrogen-bond acceptors (Lipinski definition) is 3. The molecule has 0 aliphatic heterocycles. The Balaban J connectivity index is 1.22. The van der Waals surface area contributed by atoms with E-state index in [1.54, 1.807) is 11.1 Å². The summed E-state index contributed by atoms with van der Waals surface area (Å²) in [6, 6.07) is 38.5. The van der Waals surface area contributed by atoms with Crippen LogP contribution in [0.2, 0.25) is 0 Å². The summed E-state index contributed by atoms with van der Waals surface area (Å²) < 4.78 is 2.49. The molecule has 0 N–H and O–H groups in total. The van der Waals surface area contributed by atoms with E-state index >= 15 is 0 Å². The molecule has 2 heterocycles. The van der Waals surface area contributed by atoms with Crippen LogP contribution in [0.25, 0.3) is 67.2 Å². The van der Waals surface area contributed by atoms with Gasteiger partial charge in [-0.15, -0.1) is 0 Å². The van der Waals surface area contributed by atoms with Gasteiger partial charge in [-0.3, -0.25) is 0 Å². The van der Waals surface area contributed by atoms with E-state index < -0.39 is 0 Å². The van der Waals surface area contributed by atoms with Crippen LogP contribution in [0.1, 0.15) is 48.9 Å². The molecule has 4 heteroatoms. The van der Waals surface area contributed by atoms with Gasteiger partial charge in [0.1, 0.15) is 0 Å². The van der Waals surface area contributed by atoms with Crippen molar-refractivity contribution in [1.29, 1.82) is 0 Å². The minimum atomic E-state index is 0.0112. The van der Waals surface area contributed by atoms with Gasteiger partial charge in [0.15, 0.2) is 17.5 Å². The summed E-state index contributed by atoms with van der Waals surface area (Å²) in [6.45, 7) is 4.87. The van der Waals surface area contributed by atoms with Crippen molar-refractivity contribution >= 4 is 27.4 Å². The zero-order valence-electron chi connectivity index (χ0n) is 27.2. The van der Waals surface area contributed by atoms with Crippen LogP contribution in [0.3, 0.4) is 0 Å². The fraction of sp³-hybridized carbons (Fsp3) is 0.159. The second-order valence-corrected chi connectivity index (χ2v) is 13.8. The minimum absolute atomic E-state index is 0.0112. The van der Waals surface area contributed by atoms with Crippen molar-refractivity contribution in [1.82, 2.24) is 19.5 Å². The van der Waals surface area contributed by atoms with Crippen molar-refractivity contribution in [3.8, 4) is 39.9 Å². The third-order valence-electron chi connectivity index (χ3n) is 10.7. The Labute approximate surface area is 280 Å². The van der Waals surface area contributed by atoms with Crippen LogP contribution >= 0.6 is 0 Å². The van der Waals surface area contributed by atoms with Gasteiger partial charge in [-0.05, 0) is 83.3 Å². The summed E-state index contributed by atoms with van der Waals surface area (Å²) in [5.74, 6) is 2.01. The Morgan fingerprint density at radius 2 is 1.23 bits per heavy atom. The first-order chi connectivity index (χ1) is 23.6. The molecule has 0 bridgehead atoms. The second kappa shape index (κ2) is 10.2. The van der Waals surface area contributed by atoms with E-state index in [1.165, 1.54) is 44.1 Å². The Hall–Kier alpha value is -5.61. The van der Waals surface area contributed by atoms with Crippen LogP contribution in [0.5, 0.6) is 0 Å². The highest BCUT2D eigenvalue weighted by molar-refractivity contribution is 6.15. The van der Waals surface area contributed by atoms with E-state index in [2.05, 4.69) is 103 Å². The van der Waals surface area contributed by atoms with Crippen molar-refractivity contribution < 1.29 is 0 Å². The Morgan fingerprint density at radius 3 is 1.96 bits per heavy atom. The normalized spacial score (nSPS) is 15.8. The van der Waals surface area contributed by atoms with Gasteiger partial charge in [-0.1, -0.05) is 111 Å². The number of allylic oxidation sites excluding steroid dienone is 4. The number of rotatable bonds is 4. The van der Waals surface area contributed by atoms with Gasteiger partial charge in [0.2, 0.25) is 0 Å². The molecule has 5 aromatic carbocycles. The van der Waals surface area contributed by atoms with E-state index in [4.69, 9.17) is 15.0 Å². The smallest absolute Gasteiger partial charge is 0.164 e. The third kappa shape index (κ3) is 3.92. The molecule has 0 spiro atoms. The topological polar surface area (TPSA) is 43.6 Å². The van der Waals surface area contributed by atoms with Crippen LogP contribution in [0.15, 0.2) is 127 Å². The van der Waals surface area contributed by atoms with Crippen molar-refractivity contribution in [3.63, 3.8) is 0 Å². The maximum absolute atomic E-state index is 5.05. The summed E-state index contributed by atoms with van der Waals surface area (Å²) in [6.07, 6.45) is 9.38. The summed E-state index contributed by atoms with van der Waals surface area (Å²) in [5, 5.41) is 2.84. The molecule has 3 aliphatic rings. The van der Waals surface area contributed by atoms with Gasteiger partial charge in [0.25, 0.3) is 0 Å². The summed E-state index contributed by atoms with van der Waals surface area (Å²) in [4.78, 5) is 15.0. The molecule has 0 saturated heterocycles. The molecule has 4 nitrogen and oxygen atoms in total. The van der Waals surface area contributed by atoms with Gasteiger partial charge >= 0.3 is 0 Å². The lowest BCUT2D eigenvalue weighted by Crippen LogP contribution is -2.19. The first-order valence-corrected chi connectivity index (χ1v) is 17.1. The molecular formula is C44H34N4. The third-order valence-corrected chi connectivity index (χ3v) is 10.7. The molecule has 0 radical (unpaired) electrons. The fourth-order valence-corrected chi connectivity index (χ4v) is 8.67. The summed E-state index contributed by atoms with van der Waals surface area (Å²) in [7, 11) is 0. The molecule has 0 unspecified atom stereocenters. The Morgan fingerprint density at radius 1 is 0.583 bits per heavy atom. The highest BCUT2D eigenvalue weighted by atomic mass is 15.0. The average Bonchev–Trinajstić information content (AvgIpc) is 3.60. The van der Waals surface area contributed by atoms with E-state index in [0.717, 1.165) is 48.1 Å². The molecule has 230 valence electrons. The quantitative estimate of drug-likeness (QED) is 0.197. The number of nitrogens with zero attached hydrogens (tertiary/aromatic N) is 4. The molecule has 0 fully saturated rings. The second-order valence-electron chi connectivity index (χ2n) is 13.8. The van der Waals surface area contributed by atoms with Gasteiger partial charge in [0.05, 0.1) is 11.0 Å². The molecule has 7 aromatic rings. The van der Waals surface area contributed by atoms with Crippen molar-refractivity contribution in [2.45, 2.75) is 44.9 Å². The Bertz CT molecular complexity index is 2460. The molecular weight excluding hydrogens is 585 g/mol. The van der Waals surface area contributed by atoms with Crippen molar-refractivity contribution in [3.05, 3.63) is 149 Å². The van der Waals surface area contributed by atoms with Crippen molar-refractivity contribution in [2.75, 3.05) is 0 Å². The minimum Gasteiger partial charge on any atom is -0.309 e. The standard InChI is InChI=1S/C44H34N4/c1-44(2)35-21-10-9-20-32(35)34-26-37-39-33(40(34)44)24-23-27-17-12-22-36(38(27)39)48(37)31-19-11-18-30(25-31)43-46-41(28-13-5-3-6-14-28)45-42(47-43)29-15-7-4-8-16-29/h3-8,11-22,25-26H,9-10,23-24H2,1-2H3. The summed E-state index contributed by atoms with van der Waals surface area (Å²) in [5.41, 5.74) is 15.5. The number of fused-ring (bicyclic) bond motifs is 4. The molecule has 10 rings (SSSR count). The zero-order chi connectivity index (χ0) is 32.0. The molecule has 2 aromatic heterocycles. The fourth-order valence-electron chi connectivity index (χ4n) is 8.67. The van der Waals surface area contributed by atoms with Crippen LogP contribution < -0.4 is 0 Å². The van der Waals surface area contributed by atoms with Gasteiger partial charge < -0.3 is 4.57 Å². The lowest BCUT2D eigenvalue weighted by molar-refractivity contribution is 0.645. The molecule has 0 amide bonds. The zero-order valence-corrected chi connectivity index (χ0v) is 27.2. The van der Waals surface area contributed by atoms with Gasteiger partial charge in [0, 0.05) is 38.6 Å². The van der Waals surface area contributed by atoms with Crippen LogP contribution in [0, 0.1) is 0 Å². The monoisotopic (exact) mass is 618 g/mol. The maximum Gasteiger partial charge on any atom is 0.164 e. The van der Waals surface area contributed by atoms with E-state index in [1.807, 2.05) is 36.4 Å². The highest BCUT2D eigenvalue weighted by Gasteiger charge is 2.42. The maximum atomic E-state index is 5.05. The summed E-state index contributed by atoms with van der Waals surface area (Å²) >= 11 is 0. The first kappa shape index (κ1) is 27.5. The molecule has 48 heavy (non-hydrogen) atoms. The van der Waals surface area contributed by atoms with Crippen LogP contribution in [-0.4, -0.2) is 19.5 Å². The van der Waals surface area contributed by atoms with Gasteiger partial charge in [-0.2, -0.15) is 0 Å². The lowest BCUT2D eigenvalue weighted by atomic mass is 9.76. The van der Waals surface area contributed by atoms with Gasteiger partial charge in [-0.25, -0.2) is 15.0 Å². The predicted molar refractivity (Wildman–Crippen MR) is 196 cm³/mol. The van der Waals surface area contributed by atoms with E-state index in [0.29, 0.717) is 17.5 Å². The molecule has 0 saturated carbocycles. The Kier molecular flexibility index (Phi) is 5.84. The highest BCUT2D eigenvalue weighted by Crippen LogP contribution is 2.56. The largest absolute Gasteiger partial charge is 0.309 e. The number of benzene rings is 5. The number of hydrogen-bond donors (Lipinski definition) is 0. The van der Waals surface area contributed by atoms with Crippen LogP contribution in [0.4, 0.5) is 0 Å². The SMILES string of the molecule is CC1(C)C2=CCCC=C2c2cc3c4c(c21)CCc1cccc(c14)n3-c1cccc(-c2nc(-c3ccccc3)nc(-c3ccccc3)n2)c1. The predicted octanol–water partition coefficient (Wildman–Crippen LogP) is 10.5. The van der Waals surface area contributed by atoms with Crippen molar-refractivity contribution in [2.24, 2.45) is 0 Å². The van der Waals surface area contributed by atoms with E-state index in [9.17, 15) is 0 Å². The molecule has 0 atom stereocenters. The average molecular weight is 619 g/mol. The molecule has 3 aliphatic carbocycles. The first-order valence-electron chi connectivity index (χ1n) is 17.1.